The zero-order valence-corrected chi connectivity index (χ0v) is 7.43. The Morgan fingerprint density at radius 3 is 3.08 bits per heavy atom. The molecule has 3 heteroatoms. The molecule has 2 rings (SSSR count). The molecule has 0 aliphatic carbocycles. The first-order chi connectivity index (χ1) is 5.81. The van der Waals surface area contributed by atoms with Crippen LogP contribution in [0.15, 0.2) is 17.1 Å². The van der Waals surface area contributed by atoms with Crippen LogP contribution < -0.4 is 4.74 Å². The Kier molecular flexibility index (Phi) is 1.77. The predicted molar refractivity (Wildman–Crippen MR) is 49.9 cm³/mol. The molecule has 2 nitrogen and oxygen atoms in total. The van der Waals surface area contributed by atoms with Gasteiger partial charge in [0.15, 0.2) is 0 Å². The van der Waals surface area contributed by atoms with Crippen molar-refractivity contribution in [1.82, 2.24) is 0 Å². The molecule has 1 aliphatic heterocycles. The Hall–Kier alpha value is -1.02. The van der Waals surface area contributed by atoms with Gasteiger partial charge in [-0.05, 0) is 6.07 Å². The van der Waals surface area contributed by atoms with E-state index in [1.165, 1.54) is 0 Å². The Bertz CT molecular complexity index is 347. The largest absolute Gasteiger partial charge is 0.497 e. The number of ether oxygens (including phenoxy) is 1. The first-order valence-corrected chi connectivity index (χ1v) is 4.08. The van der Waals surface area contributed by atoms with E-state index < -0.39 is 0 Å². The first kappa shape index (κ1) is 7.62. The van der Waals surface area contributed by atoms with Gasteiger partial charge in [-0.15, -0.1) is 0 Å². The zero-order valence-electron chi connectivity index (χ0n) is 6.67. The standard InChI is InChI=1S/C9H8ClNO/c1-12-6-4-8(10)7-2-3-11-9(7)5-6/h3-5H,2H2,1H3. The number of nitrogens with zero attached hydrogens (tertiary/aromatic N) is 1. The minimum Gasteiger partial charge on any atom is -0.497 e. The maximum absolute atomic E-state index is 5.99. The lowest BCUT2D eigenvalue weighted by Crippen LogP contribution is -1.85. The molecule has 1 aromatic rings. The van der Waals surface area contributed by atoms with Crippen LogP contribution in [0.3, 0.4) is 0 Å². The summed E-state index contributed by atoms with van der Waals surface area (Å²) in [6.07, 6.45) is 2.69. The van der Waals surface area contributed by atoms with Gasteiger partial charge in [-0.1, -0.05) is 11.6 Å². The minimum absolute atomic E-state index is 0.738. The van der Waals surface area contributed by atoms with Gasteiger partial charge in [-0.2, -0.15) is 0 Å². The van der Waals surface area contributed by atoms with E-state index in [1.807, 2.05) is 18.3 Å². The van der Waals surface area contributed by atoms with Crippen LogP contribution in [0.2, 0.25) is 5.02 Å². The molecule has 0 radical (unpaired) electrons. The van der Waals surface area contributed by atoms with Crippen LogP contribution >= 0.6 is 11.6 Å². The van der Waals surface area contributed by atoms with Crippen molar-refractivity contribution in [3.63, 3.8) is 0 Å². The molecule has 0 saturated carbocycles. The van der Waals surface area contributed by atoms with Gasteiger partial charge in [-0.25, -0.2) is 0 Å². The van der Waals surface area contributed by atoms with E-state index in [9.17, 15) is 0 Å². The summed E-state index contributed by atoms with van der Waals surface area (Å²) in [6, 6.07) is 3.71. The second-order valence-corrected chi connectivity index (χ2v) is 3.03. The average Bonchev–Trinajstić information content (AvgIpc) is 2.52. The minimum atomic E-state index is 0.738. The quantitative estimate of drug-likeness (QED) is 0.653. The second kappa shape index (κ2) is 2.79. The van der Waals surface area contributed by atoms with Crippen molar-refractivity contribution >= 4 is 23.5 Å². The smallest absolute Gasteiger partial charge is 0.122 e. The lowest BCUT2D eigenvalue weighted by molar-refractivity contribution is 0.415. The lowest BCUT2D eigenvalue weighted by Gasteiger charge is -2.04. The molecule has 1 heterocycles. The molecule has 62 valence electrons. The van der Waals surface area contributed by atoms with Gasteiger partial charge in [0.1, 0.15) is 5.75 Å². The maximum atomic E-state index is 5.99. The topological polar surface area (TPSA) is 21.6 Å². The number of hydrogen-bond acceptors (Lipinski definition) is 2. The van der Waals surface area contributed by atoms with Crippen LogP contribution in [0.4, 0.5) is 5.69 Å². The first-order valence-electron chi connectivity index (χ1n) is 3.70. The second-order valence-electron chi connectivity index (χ2n) is 2.62. The van der Waals surface area contributed by atoms with Crippen LogP contribution in [-0.4, -0.2) is 13.3 Å². The summed E-state index contributed by atoms with van der Waals surface area (Å²) in [5, 5.41) is 0.738. The molecule has 1 aliphatic rings. The fourth-order valence-corrected chi connectivity index (χ4v) is 1.55. The summed E-state index contributed by atoms with van der Waals surface area (Å²) < 4.78 is 5.06. The van der Waals surface area contributed by atoms with Crippen molar-refractivity contribution < 1.29 is 4.74 Å². The van der Waals surface area contributed by atoms with E-state index in [1.54, 1.807) is 7.11 Å². The van der Waals surface area contributed by atoms with E-state index in [0.717, 1.165) is 28.4 Å². The van der Waals surface area contributed by atoms with Crippen molar-refractivity contribution in [1.29, 1.82) is 0 Å². The monoisotopic (exact) mass is 181 g/mol. The average molecular weight is 182 g/mol. The van der Waals surface area contributed by atoms with Gasteiger partial charge in [0.2, 0.25) is 0 Å². The van der Waals surface area contributed by atoms with Crippen molar-refractivity contribution in [3.8, 4) is 5.75 Å². The van der Waals surface area contributed by atoms with Crippen molar-refractivity contribution in [2.75, 3.05) is 7.11 Å². The Morgan fingerprint density at radius 2 is 2.33 bits per heavy atom. The maximum Gasteiger partial charge on any atom is 0.122 e. The number of benzene rings is 1. The third-order valence-electron chi connectivity index (χ3n) is 1.91. The van der Waals surface area contributed by atoms with Crippen LogP contribution in [0.25, 0.3) is 0 Å². The molecule has 0 N–H and O–H groups in total. The molecule has 0 spiro atoms. The molecule has 12 heavy (non-hydrogen) atoms. The Balaban J connectivity index is 2.56. The fraction of sp³-hybridized carbons (Fsp3) is 0.222. The number of aliphatic imine (C=N–C) groups is 1. The number of halogens is 1. The van der Waals surface area contributed by atoms with Crippen molar-refractivity contribution in [3.05, 3.63) is 22.7 Å². The van der Waals surface area contributed by atoms with Gasteiger partial charge in [-0.3, -0.25) is 4.99 Å². The highest BCUT2D eigenvalue weighted by Crippen LogP contribution is 2.34. The van der Waals surface area contributed by atoms with Crippen LogP contribution in [0, 0.1) is 0 Å². The molecule has 0 unspecified atom stereocenters. The molecule has 0 atom stereocenters. The molecular formula is C9H8ClNO. The Morgan fingerprint density at radius 1 is 1.50 bits per heavy atom. The summed E-state index contributed by atoms with van der Waals surface area (Å²) >= 11 is 5.99. The highest BCUT2D eigenvalue weighted by molar-refractivity contribution is 6.32. The van der Waals surface area contributed by atoms with E-state index in [0.29, 0.717) is 0 Å². The summed E-state index contributed by atoms with van der Waals surface area (Å²) in [5.74, 6) is 0.762. The van der Waals surface area contributed by atoms with Crippen molar-refractivity contribution in [2.24, 2.45) is 4.99 Å². The molecule has 1 aromatic carbocycles. The van der Waals surface area contributed by atoms with Gasteiger partial charge in [0.05, 0.1) is 12.8 Å². The highest BCUT2D eigenvalue weighted by Gasteiger charge is 2.11. The summed E-state index contributed by atoms with van der Waals surface area (Å²) in [5.41, 5.74) is 2.02. The molecule has 0 saturated heterocycles. The van der Waals surface area contributed by atoms with Crippen LogP contribution in [0.5, 0.6) is 5.75 Å². The number of rotatable bonds is 1. The SMILES string of the molecule is COc1cc(Cl)c2c(c1)N=CC2. The van der Waals surface area contributed by atoms with E-state index in [2.05, 4.69) is 4.99 Å². The van der Waals surface area contributed by atoms with Crippen molar-refractivity contribution in [2.45, 2.75) is 6.42 Å². The van der Waals surface area contributed by atoms with Gasteiger partial charge >= 0.3 is 0 Å². The van der Waals surface area contributed by atoms with Gasteiger partial charge in [0.25, 0.3) is 0 Å². The fourth-order valence-electron chi connectivity index (χ4n) is 1.27. The summed E-state index contributed by atoms with van der Waals surface area (Å²) in [7, 11) is 1.62. The van der Waals surface area contributed by atoms with E-state index in [4.69, 9.17) is 16.3 Å². The third kappa shape index (κ3) is 1.08. The number of fused-ring (bicyclic) bond motifs is 1. The summed E-state index contributed by atoms with van der Waals surface area (Å²) in [6.45, 7) is 0. The highest BCUT2D eigenvalue weighted by atomic mass is 35.5. The lowest BCUT2D eigenvalue weighted by atomic mass is 10.1. The Labute approximate surface area is 75.8 Å². The molecule has 0 bridgehead atoms. The van der Waals surface area contributed by atoms with Gasteiger partial charge in [0, 0.05) is 29.3 Å². The number of methoxy groups -OCH3 is 1. The number of hydrogen-bond donors (Lipinski definition) is 0. The molecule has 0 fully saturated rings. The zero-order chi connectivity index (χ0) is 8.55. The van der Waals surface area contributed by atoms with Crippen LogP contribution in [0.1, 0.15) is 5.56 Å². The van der Waals surface area contributed by atoms with Gasteiger partial charge < -0.3 is 4.74 Å². The normalized spacial score (nSPS) is 13.2. The van der Waals surface area contributed by atoms with E-state index in [-0.39, 0.29) is 0 Å². The molecular weight excluding hydrogens is 174 g/mol. The molecule has 0 amide bonds. The third-order valence-corrected chi connectivity index (χ3v) is 2.24. The van der Waals surface area contributed by atoms with Crippen LogP contribution in [-0.2, 0) is 6.42 Å². The summed E-state index contributed by atoms with van der Waals surface area (Å²) in [4.78, 5) is 4.18. The predicted octanol–water partition coefficient (Wildman–Crippen LogP) is 2.61. The van der Waals surface area contributed by atoms with E-state index >= 15 is 0 Å². The molecule has 0 aromatic heterocycles.